The van der Waals surface area contributed by atoms with Gasteiger partial charge in [0.05, 0.1) is 11.7 Å². The van der Waals surface area contributed by atoms with E-state index in [1.54, 1.807) is 24.5 Å². The molecule has 0 amide bonds. The molecule has 0 saturated carbocycles. The van der Waals surface area contributed by atoms with Crippen LogP contribution < -0.4 is 10.6 Å². The monoisotopic (exact) mass is 257 g/mol. The predicted molar refractivity (Wildman–Crippen MR) is 74.4 cm³/mol. The fourth-order valence-electron chi connectivity index (χ4n) is 2.74. The summed E-state index contributed by atoms with van der Waals surface area (Å²) in [6.45, 7) is 0.869. The molecule has 0 radical (unpaired) electrons. The number of hydrogen-bond acceptors (Lipinski definition) is 3. The van der Waals surface area contributed by atoms with Gasteiger partial charge in [0.1, 0.15) is 5.82 Å². The first-order valence-corrected chi connectivity index (χ1v) is 6.47. The lowest BCUT2D eigenvalue weighted by Gasteiger charge is -2.27. The highest BCUT2D eigenvalue weighted by molar-refractivity contribution is 5.56. The van der Waals surface area contributed by atoms with Crippen LogP contribution in [0.3, 0.4) is 0 Å². The van der Waals surface area contributed by atoms with Crippen LogP contribution in [0.4, 0.5) is 15.8 Å². The van der Waals surface area contributed by atoms with Crippen LogP contribution in [0.25, 0.3) is 0 Å². The van der Waals surface area contributed by atoms with Crippen molar-refractivity contribution in [2.24, 2.45) is 0 Å². The van der Waals surface area contributed by atoms with Gasteiger partial charge in [-0.05, 0) is 48.7 Å². The van der Waals surface area contributed by atoms with Crippen LogP contribution in [0.1, 0.15) is 24.4 Å². The molecule has 1 atom stereocenters. The number of pyridine rings is 1. The molecule has 2 N–H and O–H groups in total. The highest BCUT2D eigenvalue weighted by Gasteiger charge is 2.27. The van der Waals surface area contributed by atoms with Crippen LogP contribution in [-0.2, 0) is 0 Å². The summed E-state index contributed by atoms with van der Waals surface area (Å²) in [6.07, 6.45) is 5.67. The summed E-state index contributed by atoms with van der Waals surface area (Å²) in [5.74, 6) is -0.249. The van der Waals surface area contributed by atoms with E-state index in [4.69, 9.17) is 5.73 Å². The molecule has 19 heavy (non-hydrogen) atoms. The number of anilines is 2. The first-order chi connectivity index (χ1) is 9.25. The van der Waals surface area contributed by atoms with Crippen LogP contribution in [0.15, 0.2) is 42.7 Å². The van der Waals surface area contributed by atoms with Gasteiger partial charge in [0.2, 0.25) is 0 Å². The maximum atomic E-state index is 14.1. The van der Waals surface area contributed by atoms with Crippen LogP contribution in [0.2, 0.25) is 0 Å². The second-order valence-electron chi connectivity index (χ2n) is 4.84. The number of aromatic nitrogens is 1. The summed E-state index contributed by atoms with van der Waals surface area (Å²) in [5, 5.41) is 0. The number of rotatable bonds is 2. The molecule has 0 spiro atoms. The van der Waals surface area contributed by atoms with Crippen LogP contribution in [-0.4, -0.2) is 11.5 Å². The minimum absolute atomic E-state index is 0.223. The van der Waals surface area contributed by atoms with E-state index in [0.29, 0.717) is 11.4 Å². The van der Waals surface area contributed by atoms with E-state index in [1.165, 1.54) is 11.6 Å². The molecule has 4 heteroatoms. The van der Waals surface area contributed by atoms with E-state index < -0.39 is 0 Å². The van der Waals surface area contributed by atoms with Crippen molar-refractivity contribution in [1.29, 1.82) is 0 Å². The summed E-state index contributed by atoms with van der Waals surface area (Å²) in [5.41, 5.74) is 7.88. The van der Waals surface area contributed by atoms with E-state index in [1.807, 2.05) is 12.1 Å². The Morgan fingerprint density at radius 1 is 1.21 bits per heavy atom. The second kappa shape index (κ2) is 4.88. The smallest absolute Gasteiger partial charge is 0.148 e. The van der Waals surface area contributed by atoms with Crippen LogP contribution in [0, 0.1) is 5.82 Å². The molecule has 1 aliphatic heterocycles. The molecule has 1 aliphatic rings. The number of hydrogen-bond donors (Lipinski definition) is 1. The van der Waals surface area contributed by atoms with Gasteiger partial charge in [-0.1, -0.05) is 0 Å². The second-order valence-corrected chi connectivity index (χ2v) is 4.84. The topological polar surface area (TPSA) is 42.1 Å². The Morgan fingerprint density at radius 2 is 2.00 bits per heavy atom. The van der Waals surface area contributed by atoms with Gasteiger partial charge in [0.15, 0.2) is 0 Å². The van der Waals surface area contributed by atoms with E-state index in [2.05, 4.69) is 9.88 Å². The average molecular weight is 257 g/mol. The lowest BCUT2D eigenvalue weighted by Crippen LogP contribution is -2.23. The summed E-state index contributed by atoms with van der Waals surface area (Å²) >= 11 is 0. The van der Waals surface area contributed by atoms with Crippen molar-refractivity contribution in [3.05, 3.63) is 54.1 Å². The van der Waals surface area contributed by atoms with Gasteiger partial charge in [-0.25, -0.2) is 4.39 Å². The largest absolute Gasteiger partial charge is 0.399 e. The predicted octanol–water partition coefficient (Wildman–Crippen LogP) is 3.14. The summed E-state index contributed by atoms with van der Waals surface area (Å²) in [7, 11) is 0. The van der Waals surface area contributed by atoms with E-state index in [-0.39, 0.29) is 11.9 Å². The maximum Gasteiger partial charge on any atom is 0.148 e. The molecule has 1 fully saturated rings. The highest BCUT2D eigenvalue weighted by Crippen LogP contribution is 2.37. The average Bonchev–Trinajstić information content (AvgIpc) is 2.89. The third kappa shape index (κ3) is 2.26. The number of halogens is 1. The van der Waals surface area contributed by atoms with Crippen molar-refractivity contribution in [2.45, 2.75) is 18.9 Å². The van der Waals surface area contributed by atoms with E-state index in [0.717, 1.165) is 19.4 Å². The van der Waals surface area contributed by atoms with Crippen LogP contribution in [0.5, 0.6) is 0 Å². The molecular weight excluding hydrogens is 241 g/mol. The van der Waals surface area contributed by atoms with Gasteiger partial charge in [-0.15, -0.1) is 0 Å². The number of benzene rings is 1. The third-order valence-corrected chi connectivity index (χ3v) is 3.62. The van der Waals surface area contributed by atoms with Gasteiger partial charge < -0.3 is 10.6 Å². The Morgan fingerprint density at radius 3 is 2.74 bits per heavy atom. The molecule has 3 rings (SSSR count). The standard InChI is InChI=1S/C15H16FN3/c16-13-10-12(17)3-4-15(13)19-9-1-2-14(19)11-5-7-18-8-6-11/h3-8,10,14H,1-2,9,17H2. The van der Waals surface area contributed by atoms with Crippen molar-refractivity contribution < 1.29 is 4.39 Å². The van der Waals surface area contributed by atoms with Crippen molar-refractivity contribution in [3.8, 4) is 0 Å². The quantitative estimate of drug-likeness (QED) is 0.840. The Kier molecular flexibility index (Phi) is 3.07. The molecule has 1 aromatic heterocycles. The number of nitrogen functional groups attached to an aromatic ring is 1. The third-order valence-electron chi connectivity index (χ3n) is 3.62. The minimum atomic E-state index is -0.249. The van der Waals surface area contributed by atoms with Gasteiger partial charge >= 0.3 is 0 Å². The van der Waals surface area contributed by atoms with Gasteiger partial charge in [-0.3, -0.25) is 4.98 Å². The summed E-state index contributed by atoms with van der Waals surface area (Å²) in [4.78, 5) is 6.15. The van der Waals surface area contributed by atoms with E-state index in [9.17, 15) is 4.39 Å². The van der Waals surface area contributed by atoms with Gasteiger partial charge in [0, 0.05) is 24.6 Å². The molecule has 1 saturated heterocycles. The molecule has 0 aliphatic carbocycles. The molecular formula is C15H16FN3. The lowest BCUT2D eigenvalue weighted by molar-refractivity contribution is 0.612. The zero-order valence-electron chi connectivity index (χ0n) is 10.6. The highest BCUT2D eigenvalue weighted by atomic mass is 19.1. The molecule has 3 nitrogen and oxygen atoms in total. The fourth-order valence-corrected chi connectivity index (χ4v) is 2.74. The normalized spacial score (nSPS) is 18.8. The summed E-state index contributed by atoms with van der Waals surface area (Å²) in [6, 6.07) is 9.12. The Hall–Kier alpha value is -2.10. The zero-order valence-corrected chi connectivity index (χ0v) is 10.6. The van der Waals surface area contributed by atoms with Crippen molar-refractivity contribution in [3.63, 3.8) is 0 Å². The molecule has 0 bridgehead atoms. The Bertz CT molecular complexity index is 571. The molecule has 1 unspecified atom stereocenters. The van der Waals surface area contributed by atoms with Crippen molar-refractivity contribution in [2.75, 3.05) is 17.2 Å². The molecule has 98 valence electrons. The van der Waals surface area contributed by atoms with Gasteiger partial charge in [-0.2, -0.15) is 0 Å². The zero-order chi connectivity index (χ0) is 13.2. The fraction of sp³-hybridized carbons (Fsp3) is 0.267. The number of nitrogens with zero attached hydrogens (tertiary/aromatic N) is 2. The minimum Gasteiger partial charge on any atom is -0.399 e. The van der Waals surface area contributed by atoms with Crippen molar-refractivity contribution >= 4 is 11.4 Å². The summed E-state index contributed by atoms with van der Waals surface area (Å²) < 4.78 is 14.1. The SMILES string of the molecule is Nc1ccc(N2CCCC2c2ccncc2)c(F)c1. The first-order valence-electron chi connectivity index (χ1n) is 6.47. The number of nitrogens with two attached hydrogens (primary N) is 1. The molecule has 2 aromatic rings. The van der Waals surface area contributed by atoms with Crippen molar-refractivity contribution in [1.82, 2.24) is 4.98 Å². The van der Waals surface area contributed by atoms with Gasteiger partial charge in [0.25, 0.3) is 0 Å². The first kappa shape index (κ1) is 12.0. The maximum absolute atomic E-state index is 14.1. The van der Waals surface area contributed by atoms with E-state index >= 15 is 0 Å². The Balaban J connectivity index is 1.95. The molecule has 1 aromatic carbocycles. The lowest BCUT2D eigenvalue weighted by atomic mass is 10.1. The van der Waals surface area contributed by atoms with Crippen LogP contribution >= 0.6 is 0 Å². The molecule has 2 heterocycles. The Labute approximate surface area is 111 Å².